The van der Waals surface area contributed by atoms with E-state index in [1.165, 1.54) is 11.0 Å². The fourth-order valence-corrected chi connectivity index (χ4v) is 0.799. The molecular formula is C9H17NO2. The van der Waals surface area contributed by atoms with Crippen LogP contribution >= 0.6 is 0 Å². The van der Waals surface area contributed by atoms with E-state index < -0.39 is 0 Å². The van der Waals surface area contributed by atoms with Crippen LogP contribution in [0.15, 0.2) is 15.6 Å². The second kappa shape index (κ2) is 4.80. The van der Waals surface area contributed by atoms with Gasteiger partial charge >= 0.3 is 0 Å². The minimum absolute atomic E-state index is 0.0324. The van der Waals surface area contributed by atoms with Gasteiger partial charge in [0, 0.05) is 7.05 Å². The number of aryl methyl sites for hydroxylation is 1. The van der Waals surface area contributed by atoms with Crippen LogP contribution in [0.4, 0.5) is 0 Å². The van der Waals surface area contributed by atoms with E-state index in [0.29, 0.717) is 0 Å². The molecule has 12 heavy (non-hydrogen) atoms. The number of nitrogens with zero attached hydrogens (tertiary/aromatic N) is 1. The molecule has 0 spiro atoms. The maximum Gasteiger partial charge on any atom is 0.285 e. The molecule has 1 heterocycles. The van der Waals surface area contributed by atoms with Crippen LogP contribution in [-0.2, 0) is 7.05 Å². The minimum atomic E-state index is -0.0324. The monoisotopic (exact) mass is 171 g/mol. The van der Waals surface area contributed by atoms with Gasteiger partial charge in [-0.3, -0.25) is 4.79 Å². The molecule has 0 bridgehead atoms. The van der Waals surface area contributed by atoms with E-state index in [-0.39, 0.29) is 11.5 Å². The Hall–Kier alpha value is -0.990. The number of aromatic nitrogens is 1. The molecule has 0 fully saturated rings. The first kappa shape index (κ1) is 11.0. The predicted octanol–water partition coefficient (Wildman–Crippen LogP) is 2.13. The fourth-order valence-electron chi connectivity index (χ4n) is 0.799. The molecule has 0 N–H and O–H groups in total. The molecule has 0 saturated heterocycles. The number of hydrogen-bond donors (Lipinski definition) is 0. The highest BCUT2D eigenvalue weighted by Gasteiger charge is 2.07. The van der Waals surface area contributed by atoms with Gasteiger partial charge in [0.2, 0.25) is 0 Å². The van der Waals surface area contributed by atoms with Gasteiger partial charge in [0.05, 0.1) is 5.56 Å². The van der Waals surface area contributed by atoms with Crippen molar-refractivity contribution in [3.05, 3.63) is 22.2 Å². The van der Waals surface area contributed by atoms with Gasteiger partial charge in [-0.05, 0) is 5.92 Å². The summed E-state index contributed by atoms with van der Waals surface area (Å²) < 4.78 is 6.09. The summed E-state index contributed by atoms with van der Waals surface area (Å²) in [7, 11) is 1.61. The SMILES string of the molecule is CC.CC(C)c1con(C)c1=O. The Morgan fingerprint density at radius 2 is 1.92 bits per heavy atom. The summed E-state index contributed by atoms with van der Waals surface area (Å²) in [5.41, 5.74) is 0.706. The molecule has 0 aliphatic rings. The van der Waals surface area contributed by atoms with Gasteiger partial charge in [-0.25, -0.2) is 0 Å². The van der Waals surface area contributed by atoms with E-state index in [1.54, 1.807) is 7.05 Å². The van der Waals surface area contributed by atoms with Crippen molar-refractivity contribution < 1.29 is 4.52 Å². The van der Waals surface area contributed by atoms with Crippen LogP contribution in [0.5, 0.6) is 0 Å². The molecule has 0 aliphatic carbocycles. The topological polar surface area (TPSA) is 35.1 Å². The van der Waals surface area contributed by atoms with E-state index in [0.717, 1.165) is 5.56 Å². The van der Waals surface area contributed by atoms with E-state index in [9.17, 15) is 4.79 Å². The Labute approximate surface area is 73.0 Å². The van der Waals surface area contributed by atoms with Crippen molar-refractivity contribution in [3.63, 3.8) is 0 Å². The van der Waals surface area contributed by atoms with E-state index in [1.807, 2.05) is 27.7 Å². The summed E-state index contributed by atoms with van der Waals surface area (Å²) >= 11 is 0. The van der Waals surface area contributed by atoms with Crippen LogP contribution in [-0.4, -0.2) is 4.74 Å². The first-order chi connectivity index (χ1) is 5.63. The minimum Gasteiger partial charge on any atom is -0.384 e. The number of rotatable bonds is 1. The van der Waals surface area contributed by atoms with Crippen molar-refractivity contribution in [2.45, 2.75) is 33.6 Å². The molecule has 0 unspecified atom stereocenters. The lowest BCUT2D eigenvalue weighted by Gasteiger charge is -1.93. The van der Waals surface area contributed by atoms with Crippen LogP contribution < -0.4 is 5.56 Å². The third kappa shape index (κ3) is 2.26. The molecule has 3 heteroatoms. The lowest BCUT2D eigenvalue weighted by atomic mass is 10.1. The molecule has 3 nitrogen and oxygen atoms in total. The molecule has 0 aromatic carbocycles. The van der Waals surface area contributed by atoms with Crippen molar-refractivity contribution in [3.8, 4) is 0 Å². The van der Waals surface area contributed by atoms with Crippen LogP contribution in [0.25, 0.3) is 0 Å². The highest BCUT2D eigenvalue weighted by Crippen LogP contribution is 2.07. The normalized spacial score (nSPS) is 9.50. The molecule has 70 valence electrons. The van der Waals surface area contributed by atoms with Crippen molar-refractivity contribution in [1.29, 1.82) is 0 Å². The summed E-state index contributed by atoms with van der Waals surface area (Å²) in [6.07, 6.45) is 1.51. The number of hydrogen-bond acceptors (Lipinski definition) is 2. The second-order valence-electron chi connectivity index (χ2n) is 2.64. The average molecular weight is 171 g/mol. The predicted molar refractivity (Wildman–Crippen MR) is 49.4 cm³/mol. The summed E-state index contributed by atoms with van der Waals surface area (Å²) in [6.45, 7) is 7.93. The Bertz CT molecular complexity index is 270. The Balaban J connectivity index is 0.000000561. The first-order valence-corrected chi connectivity index (χ1v) is 4.28. The lowest BCUT2D eigenvalue weighted by Crippen LogP contribution is -2.14. The van der Waals surface area contributed by atoms with Gasteiger partial charge in [0.1, 0.15) is 6.26 Å². The van der Waals surface area contributed by atoms with E-state index in [4.69, 9.17) is 4.52 Å². The molecule has 1 aromatic rings. The third-order valence-corrected chi connectivity index (χ3v) is 1.49. The fraction of sp³-hybridized carbons (Fsp3) is 0.667. The van der Waals surface area contributed by atoms with Gasteiger partial charge in [-0.1, -0.05) is 27.7 Å². The molecule has 1 aromatic heterocycles. The smallest absolute Gasteiger partial charge is 0.285 e. The maximum absolute atomic E-state index is 11.1. The summed E-state index contributed by atoms with van der Waals surface area (Å²) in [4.78, 5) is 11.1. The summed E-state index contributed by atoms with van der Waals surface area (Å²) in [5, 5.41) is 0. The zero-order valence-electron chi connectivity index (χ0n) is 8.42. The van der Waals surface area contributed by atoms with Gasteiger partial charge in [0.15, 0.2) is 0 Å². The first-order valence-electron chi connectivity index (χ1n) is 4.28. The van der Waals surface area contributed by atoms with Crippen molar-refractivity contribution in [2.24, 2.45) is 7.05 Å². The zero-order chi connectivity index (χ0) is 9.72. The van der Waals surface area contributed by atoms with Crippen molar-refractivity contribution in [1.82, 2.24) is 4.74 Å². The van der Waals surface area contributed by atoms with E-state index in [2.05, 4.69) is 0 Å². The third-order valence-electron chi connectivity index (χ3n) is 1.49. The van der Waals surface area contributed by atoms with Crippen molar-refractivity contribution >= 4 is 0 Å². The van der Waals surface area contributed by atoms with Crippen LogP contribution in [0.1, 0.15) is 39.2 Å². The second-order valence-corrected chi connectivity index (χ2v) is 2.64. The molecule has 0 atom stereocenters. The molecule has 1 rings (SSSR count). The average Bonchev–Trinajstić information content (AvgIpc) is 2.37. The summed E-state index contributed by atoms with van der Waals surface area (Å²) in [6, 6.07) is 0. The van der Waals surface area contributed by atoms with Crippen LogP contribution in [0, 0.1) is 0 Å². The molecule has 0 radical (unpaired) electrons. The van der Waals surface area contributed by atoms with Gasteiger partial charge in [0.25, 0.3) is 5.56 Å². The highest BCUT2D eigenvalue weighted by molar-refractivity contribution is 5.06. The largest absolute Gasteiger partial charge is 0.384 e. The van der Waals surface area contributed by atoms with Crippen molar-refractivity contribution in [2.75, 3.05) is 0 Å². The Morgan fingerprint density at radius 3 is 2.08 bits per heavy atom. The van der Waals surface area contributed by atoms with Gasteiger partial charge in [-0.2, -0.15) is 4.74 Å². The molecular weight excluding hydrogens is 154 g/mol. The quantitative estimate of drug-likeness (QED) is 0.648. The molecule has 0 amide bonds. The zero-order valence-corrected chi connectivity index (χ0v) is 8.42. The van der Waals surface area contributed by atoms with Crippen LogP contribution in [0.3, 0.4) is 0 Å². The maximum atomic E-state index is 11.1. The molecule has 0 saturated carbocycles. The molecule has 0 aliphatic heterocycles. The Morgan fingerprint density at radius 1 is 1.42 bits per heavy atom. The lowest BCUT2D eigenvalue weighted by molar-refractivity contribution is 0.297. The Kier molecular flexibility index (Phi) is 4.40. The van der Waals surface area contributed by atoms with E-state index >= 15 is 0 Å². The highest BCUT2D eigenvalue weighted by atomic mass is 16.5. The summed E-state index contributed by atoms with van der Waals surface area (Å²) in [5.74, 6) is 0.248. The standard InChI is InChI=1S/C7H11NO2.C2H6/c1-5(2)6-4-10-8(3)7(6)9;1-2/h4-5H,1-3H3;1-2H3. The van der Waals surface area contributed by atoms with Gasteiger partial charge < -0.3 is 4.52 Å². The van der Waals surface area contributed by atoms with Crippen LogP contribution in [0.2, 0.25) is 0 Å². The van der Waals surface area contributed by atoms with Gasteiger partial charge in [-0.15, -0.1) is 0 Å².